The molecule has 222 valence electrons. The first-order chi connectivity index (χ1) is 20.4. The highest BCUT2D eigenvalue weighted by Crippen LogP contribution is 2.33. The average molecular weight is 592 g/mol. The number of benzene rings is 2. The number of fused-ring (bicyclic) bond motifs is 1. The minimum Gasteiger partial charge on any atom is -0.494 e. The summed E-state index contributed by atoms with van der Waals surface area (Å²) in [6, 6.07) is 18.0. The largest absolute Gasteiger partial charge is 0.494 e. The van der Waals surface area contributed by atoms with E-state index in [0.717, 1.165) is 86.1 Å². The SMILES string of the molecule is CCS(=O)(=O)Nc1cccc(-c2ccc3cnc(Nc4ccc(N5CCC(N6CCOCC6)CC5)cc4OC)nn23)c1. The number of piperidine rings is 1. The van der Waals surface area contributed by atoms with Crippen LogP contribution in [-0.2, 0) is 14.8 Å². The van der Waals surface area contributed by atoms with E-state index in [1.807, 2.05) is 30.3 Å². The van der Waals surface area contributed by atoms with Crippen molar-refractivity contribution in [3.63, 3.8) is 0 Å². The number of morpholine rings is 1. The molecule has 0 radical (unpaired) electrons. The van der Waals surface area contributed by atoms with Crippen molar-refractivity contribution in [1.29, 1.82) is 0 Å². The lowest BCUT2D eigenvalue weighted by Gasteiger charge is -2.40. The Morgan fingerprint density at radius 3 is 2.60 bits per heavy atom. The van der Waals surface area contributed by atoms with Crippen LogP contribution in [0.2, 0.25) is 0 Å². The number of aromatic nitrogens is 3. The van der Waals surface area contributed by atoms with Gasteiger partial charge in [-0.25, -0.2) is 17.9 Å². The summed E-state index contributed by atoms with van der Waals surface area (Å²) in [6.07, 6.45) is 4.04. The van der Waals surface area contributed by atoms with Crippen molar-refractivity contribution in [3.05, 3.63) is 60.8 Å². The molecule has 12 heteroatoms. The average Bonchev–Trinajstić information content (AvgIpc) is 3.45. The van der Waals surface area contributed by atoms with E-state index in [1.54, 1.807) is 36.9 Å². The fourth-order valence-electron chi connectivity index (χ4n) is 5.70. The Balaban J connectivity index is 1.18. The predicted molar refractivity (Wildman–Crippen MR) is 165 cm³/mol. The van der Waals surface area contributed by atoms with Gasteiger partial charge in [0, 0.05) is 55.2 Å². The topological polar surface area (TPSA) is 113 Å². The van der Waals surface area contributed by atoms with E-state index in [1.165, 1.54) is 0 Å². The van der Waals surface area contributed by atoms with E-state index >= 15 is 0 Å². The molecule has 0 amide bonds. The molecule has 2 aliphatic rings. The van der Waals surface area contributed by atoms with E-state index in [-0.39, 0.29) is 5.75 Å². The van der Waals surface area contributed by atoms with Crippen molar-refractivity contribution in [1.82, 2.24) is 19.5 Å². The first kappa shape index (κ1) is 28.3. The molecule has 2 aliphatic heterocycles. The monoisotopic (exact) mass is 591 g/mol. The highest BCUT2D eigenvalue weighted by atomic mass is 32.2. The van der Waals surface area contributed by atoms with Crippen LogP contribution >= 0.6 is 0 Å². The first-order valence-electron chi connectivity index (χ1n) is 14.4. The molecule has 2 fully saturated rings. The number of ether oxygens (including phenoxy) is 2. The van der Waals surface area contributed by atoms with E-state index in [4.69, 9.17) is 14.6 Å². The Hall–Kier alpha value is -3.87. The Kier molecular flexibility index (Phi) is 8.18. The molecule has 11 nitrogen and oxygen atoms in total. The summed E-state index contributed by atoms with van der Waals surface area (Å²) in [6.45, 7) is 7.36. The molecule has 0 spiro atoms. The lowest BCUT2D eigenvalue weighted by Crippen LogP contribution is -2.49. The van der Waals surface area contributed by atoms with Crippen molar-refractivity contribution in [2.24, 2.45) is 0 Å². The van der Waals surface area contributed by atoms with Gasteiger partial charge in [0.2, 0.25) is 16.0 Å². The van der Waals surface area contributed by atoms with Crippen molar-refractivity contribution >= 4 is 38.6 Å². The predicted octanol–water partition coefficient (Wildman–Crippen LogP) is 4.21. The number of rotatable bonds is 9. The second-order valence-electron chi connectivity index (χ2n) is 10.6. The van der Waals surface area contributed by atoms with Crippen LogP contribution in [0.15, 0.2) is 60.8 Å². The molecule has 42 heavy (non-hydrogen) atoms. The van der Waals surface area contributed by atoms with Crippen LogP contribution in [0.1, 0.15) is 19.8 Å². The molecule has 4 aromatic rings. The summed E-state index contributed by atoms with van der Waals surface area (Å²) in [5.41, 5.74) is 4.88. The molecule has 2 saturated heterocycles. The zero-order valence-corrected chi connectivity index (χ0v) is 24.8. The van der Waals surface area contributed by atoms with Crippen LogP contribution in [0.5, 0.6) is 5.75 Å². The molecule has 6 rings (SSSR count). The zero-order chi connectivity index (χ0) is 29.1. The summed E-state index contributed by atoms with van der Waals surface area (Å²) in [5.74, 6) is 1.14. The third kappa shape index (κ3) is 6.15. The Morgan fingerprint density at radius 1 is 1.02 bits per heavy atom. The lowest BCUT2D eigenvalue weighted by molar-refractivity contribution is 0.0115. The quantitative estimate of drug-likeness (QED) is 0.296. The molecule has 0 unspecified atom stereocenters. The standard InChI is InChI=1S/C30H37N7O4S/c1-3-42(38,39)34-23-6-4-5-22(19-23)28-10-8-26-21-31-30(33-37(26)28)32-27-9-7-25(20-29(27)40-2)35-13-11-24(12-14-35)36-15-17-41-18-16-36/h4-10,19-21,24,34H,3,11-18H2,1-2H3,(H,32,33). The molecule has 2 aromatic heterocycles. The van der Waals surface area contributed by atoms with Gasteiger partial charge in [-0.05, 0) is 56.2 Å². The van der Waals surface area contributed by atoms with Gasteiger partial charge in [0.05, 0.1) is 49.2 Å². The summed E-state index contributed by atoms with van der Waals surface area (Å²) >= 11 is 0. The van der Waals surface area contributed by atoms with Crippen molar-refractivity contribution in [3.8, 4) is 17.0 Å². The molecule has 0 aliphatic carbocycles. The van der Waals surface area contributed by atoms with Gasteiger partial charge < -0.3 is 19.7 Å². The van der Waals surface area contributed by atoms with Gasteiger partial charge in [-0.2, -0.15) is 0 Å². The number of anilines is 4. The Morgan fingerprint density at radius 2 is 1.83 bits per heavy atom. The highest BCUT2D eigenvalue weighted by Gasteiger charge is 2.26. The summed E-state index contributed by atoms with van der Waals surface area (Å²) < 4.78 is 39.8. The Labute approximate surface area is 246 Å². The van der Waals surface area contributed by atoms with Gasteiger partial charge in [-0.15, -0.1) is 5.10 Å². The maximum atomic E-state index is 12.1. The highest BCUT2D eigenvalue weighted by molar-refractivity contribution is 7.92. The smallest absolute Gasteiger partial charge is 0.245 e. The minimum atomic E-state index is -3.38. The maximum absolute atomic E-state index is 12.1. The number of nitrogens with one attached hydrogen (secondary N) is 2. The van der Waals surface area contributed by atoms with Crippen molar-refractivity contribution in [2.45, 2.75) is 25.8 Å². The second kappa shape index (κ2) is 12.2. The molecule has 0 atom stereocenters. The fourth-order valence-corrected chi connectivity index (χ4v) is 6.33. The normalized spacial score (nSPS) is 17.0. The third-order valence-corrected chi connectivity index (χ3v) is 9.34. The van der Waals surface area contributed by atoms with Crippen LogP contribution < -0.4 is 19.7 Å². The van der Waals surface area contributed by atoms with E-state index < -0.39 is 10.0 Å². The molecule has 0 bridgehead atoms. The van der Waals surface area contributed by atoms with Gasteiger partial charge in [-0.3, -0.25) is 9.62 Å². The van der Waals surface area contributed by atoms with Crippen molar-refractivity contribution in [2.75, 3.05) is 67.2 Å². The van der Waals surface area contributed by atoms with E-state index in [0.29, 0.717) is 17.7 Å². The third-order valence-electron chi connectivity index (χ3n) is 8.03. The molecule has 2 aromatic carbocycles. The summed E-state index contributed by atoms with van der Waals surface area (Å²) in [5, 5.41) is 8.06. The van der Waals surface area contributed by atoms with Crippen LogP contribution in [0.3, 0.4) is 0 Å². The van der Waals surface area contributed by atoms with Gasteiger partial charge in [0.15, 0.2) is 0 Å². The second-order valence-corrected chi connectivity index (χ2v) is 12.6. The molecular formula is C30H37N7O4S. The first-order valence-corrected chi connectivity index (χ1v) is 16.0. The zero-order valence-electron chi connectivity index (χ0n) is 24.0. The molecule has 4 heterocycles. The van der Waals surface area contributed by atoms with Crippen LogP contribution in [0.4, 0.5) is 23.0 Å². The molecule has 2 N–H and O–H groups in total. The fraction of sp³-hybridized carbons (Fsp3) is 0.400. The number of sulfonamides is 1. The van der Waals surface area contributed by atoms with Gasteiger partial charge in [-0.1, -0.05) is 12.1 Å². The van der Waals surface area contributed by atoms with Crippen LogP contribution in [0.25, 0.3) is 16.8 Å². The number of methoxy groups -OCH3 is 1. The number of nitrogens with zero attached hydrogens (tertiary/aromatic N) is 5. The van der Waals surface area contributed by atoms with Gasteiger partial charge >= 0.3 is 0 Å². The molecule has 0 saturated carbocycles. The summed E-state index contributed by atoms with van der Waals surface area (Å²) in [7, 11) is -1.71. The van der Waals surface area contributed by atoms with Crippen molar-refractivity contribution < 1.29 is 17.9 Å². The van der Waals surface area contributed by atoms with E-state index in [9.17, 15) is 8.42 Å². The van der Waals surface area contributed by atoms with Gasteiger partial charge in [0.25, 0.3) is 0 Å². The summed E-state index contributed by atoms with van der Waals surface area (Å²) in [4.78, 5) is 9.51. The molecular weight excluding hydrogens is 554 g/mol. The lowest BCUT2D eigenvalue weighted by atomic mass is 10.0. The van der Waals surface area contributed by atoms with Crippen LogP contribution in [-0.4, -0.2) is 86.2 Å². The van der Waals surface area contributed by atoms with Crippen LogP contribution in [0, 0.1) is 0 Å². The van der Waals surface area contributed by atoms with E-state index in [2.05, 4.69) is 37.0 Å². The number of hydrogen-bond donors (Lipinski definition) is 2. The Bertz CT molecular complexity index is 1640. The van der Waals surface area contributed by atoms with Gasteiger partial charge in [0.1, 0.15) is 5.75 Å². The number of hydrogen-bond acceptors (Lipinski definition) is 9. The minimum absolute atomic E-state index is 0.00536. The maximum Gasteiger partial charge on any atom is 0.245 e.